The van der Waals surface area contributed by atoms with Crippen LogP contribution >= 0.6 is 11.6 Å². The molecule has 0 atom stereocenters. The van der Waals surface area contributed by atoms with Crippen molar-refractivity contribution in [1.82, 2.24) is 19.9 Å². The zero-order valence-corrected chi connectivity index (χ0v) is 10.3. The predicted octanol–water partition coefficient (Wildman–Crippen LogP) is 2.52. The van der Waals surface area contributed by atoms with Crippen LogP contribution in [0.3, 0.4) is 0 Å². The maximum Gasteiger partial charge on any atom is 0.226 e. The highest BCUT2D eigenvalue weighted by molar-refractivity contribution is 6.28. The van der Waals surface area contributed by atoms with Crippen LogP contribution in [-0.2, 0) is 6.54 Å². The van der Waals surface area contributed by atoms with Crippen molar-refractivity contribution in [2.75, 3.05) is 5.32 Å². The standard InChI is InChI=1S/C11H10ClN5O/c1-6-7(2-3-18-6)4-13-9-8-10(15-5-14-8)17-11(12)16-9/h2-3,5H,4H2,1H3,(H2,13,14,15,16,17). The van der Waals surface area contributed by atoms with E-state index in [-0.39, 0.29) is 5.28 Å². The molecule has 2 N–H and O–H groups in total. The normalized spacial score (nSPS) is 11.0. The molecular weight excluding hydrogens is 254 g/mol. The van der Waals surface area contributed by atoms with Crippen molar-refractivity contribution in [3.63, 3.8) is 0 Å². The van der Waals surface area contributed by atoms with Gasteiger partial charge in [-0.3, -0.25) is 0 Å². The minimum absolute atomic E-state index is 0.168. The lowest BCUT2D eigenvalue weighted by molar-refractivity contribution is 0.530. The molecular formula is C11H10ClN5O. The number of halogens is 1. The summed E-state index contributed by atoms with van der Waals surface area (Å²) in [7, 11) is 0. The highest BCUT2D eigenvalue weighted by atomic mass is 35.5. The Balaban J connectivity index is 1.90. The lowest BCUT2D eigenvalue weighted by Gasteiger charge is -2.05. The van der Waals surface area contributed by atoms with Crippen LogP contribution < -0.4 is 5.32 Å². The van der Waals surface area contributed by atoms with Gasteiger partial charge in [0.15, 0.2) is 11.5 Å². The number of nitrogens with one attached hydrogen (secondary N) is 2. The summed E-state index contributed by atoms with van der Waals surface area (Å²) < 4.78 is 5.23. The minimum atomic E-state index is 0.168. The Morgan fingerprint density at radius 2 is 2.33 bits per heavy atom. The van der Waals surface area contributed by atoms with Gasteiger partial charge in [0.05, 0.1) is 12.6 Å². The van der Waals surface area contributed by atoms with Crippen LogP contribution in [0.2, 0.25) is 5.28 Å². The smallest absolute Gasteiger partial charge is 0.226 e. The van der Waals surface area contributed by atoms with Crippen LogP contribution in [-0.4, -0.2) is 19.9 Å². The van der Waals surface area contributed by atoms with Crippen LogP contribution in [0.25, 0.3) is 11.2 Å². The van der Waals surface area contributed by atoms with Gasteiger partial charge in [0.1, 0.15) is 11.3 Å². The molecule has 0 aliphatic rings. The van der Waals surface area contributed by atoms with E-state index in [0.717, 1.165) is 16.8 Å². The number of hydrogen-bond acceptors (Lipinski definition) is 5. The summed E-state index contributed by atoms with van der Waals surface area (Å²) in [5.74, 6) is 1.51. The zero-order valence-electron chi connectivity index (χ0n) is 9.57. The largest absolute Gasteiger partial charge is 0.469 e. The molecule has 18 heavy (non-hydrogen) atoms. The molecule has 0 amide bonds. The number of aromatic nitrogens is 4. The second-order valence-corrected chi connectivity index (χ2v) is 4.14. The van der Waals surface area contributed by atoms with Crippen LogP contribution in [0.15, 0.2) is 23.1 Å². The number of hydrogen-bond donors (Lipinski definition) is 2. The molecule has 0 saturated heterocycles. The fourth-order valence-corrected chi connectivity index (χ4v) is 1.87. The van der Waals surface area contributed by atoms with Gasteiger partial charge in [-0.05, 0) is 24.6 Å². The van der Waals surface area contributed by atoms with Crippen molar-refractivity contribution < 1.29 is 4.42 Å². The second kappa shape index (κ2) is 4.30. The van der Waals surface area contributed by atoms with E-state index >= 15 is 0 Å². The average Bonchev–Trinajstić information content (AvgIpc) is 2.94. The molecule has 0 aliphatic heterocycles. The van der Waals surface area contributed by atoms with Gasteiger partial charge in [0.25, 0.3) is 0 Å². The van der Waals surface area contributed by atoms with E-state index in [2.05, 4.69) is 25.3 Å². The fraction of sp³-hybridized carbons (Fsp3) is 0.182. The highest BCUT2D eigenvalue weighted by Crippen LogP contribution is 2.20. The Kier molecular flexibility index (Phi) is 2.64. The molecule has 3 heterocycles. The number of rotatable bonds is 3. The van der Waals surface area contributed by atoms with Gasteiger partial charge in [-0.15, -0.1) is 0 Å². The first-order chi connectivity index (χ1) is 8.74. The topological polar surface area (TPSA) is 79.6 Å². The van der Waals surface area contributed by atoms with Gasteiger partial charge in [0.2, 0.25) is 5.28 Å². The van der Waals surface area contributed by atoms with E-state index in [0.29, 0.717) is 18.0 Å². The third-order valence-electron chi connectivity index (χ3n) is 2.67. The summed E-state index contributed by atoms with van der Waals surface area (Å²) in [5.41, 5.74) is 2.35. The summed E-state index contributed by atoms with van der Waals surface area (Å²) in [6.45, 7) is 2.51. The molecule has 0 bridgehead atoms. The van der Waals surface area contributed by atoms with Crippen molar-refractivity contribution in [3.05, 3.63) is 35.3 Å². The number of aromatic amines is 1. The van der Waals surface area contributed by atoms with Crippen molar-refractivity contribution >= 4 is 28.6 Å². The van der Waals surface area contributed by atoms with Gasteiger partial charge >= 0.3 is 0 Å². The van der Waals surface area contributed by atoms with E-state index in [4.69, 9.17) is 16.0 Å². The molecule has 0 radical (unpaired) electrons. The van der Waals surface area contributed by atoms with E-state index < -0.39 is 0 Å². The molecule has 3 aromatic rings. The molecule has 3 aromatic heterocycles. The Bertz CT molecular complexity index is 690. The summed E-state index contributed by atoms with van der Waals surface area (Å²) in [6, 6.07) is 1.91. The number of fused-ring (bicyclic) bond motifs is 1. The Morgan fingerprint density at radius 3 is 3.11 bits per heavy atom. The lowest BCUT2D eigenvalue weighted by atomic mass is 10.2. The first-order valence-corrected chi connectivity index (χ1v) is 5.75. The van der Waals surface area contributed by atoms with Gasteiger partial charge < -0.3 is 14.7 Å². The predicted molar refractivity (Wildman–Crippen MR) is 67.5 cm³/mol. The maximum absolute atomic E-state index is 5.84. The van der Waals surface area contributed by atoms with Crippen molar-refractivity contribution in [1.29, 1.82) is 0 Å². The molecule has 0 spiro atoms. The molecule has 0 aromatic carbocycles. The van der Waals surface area contributed by atoms with Gasteiger partial charge in [-0.25, -0.2) is 4.98 Å². The fourth-order valence-electron chi connectivity index (χ4n) is 1.71. The first kappa shape index (κ1) is 11.0. The molecule has 0 fully saturated rings. The van der Waals surface area contributed by atoms with Crippen LogP contribution in [0, 0.1) is 6.92 Å². The van der Waals surface area contributed by atoms with Gasteiger partial charge in [0, 0.05) is 12.1 Å². The molecule has 6 nitrogen and oxygen atoms in total. The number of H-pyrrole nitrogens is 1. The van der Waals surface area contributed by atoms with Crippen LogP contribution in [0.1, 0.15) is 11.3 Å². The number of aryl methyl sites for hydroxylation is 1. The number of imidazole rings is 1. The number of furan rings is 1. The summed E-state index contributed by atoms with van der Waals surface area (Å²) in [4.78, 5) is 15.2. The summed E-state index contributed by atoms with van der Waals surface area (Å²) >= 11 is 5.84. The molecule has 7 heteroatoms. The SMILES string of the molecule is Cc1occc1CNc1nc(Cl)nc2nc[nH]c12. The Hall–Kier alpha value is -2.08. The van der Waals surface area contributed by atoms with E-state index in [9.17, 15) is 0 Å². The lowest BCUT2D eigenvalue weighted by Crippen LogP contribution is -2.03. The minimum Gasteiger partial charge on any atom is -0.469 e. The first-order valence-electron chi connectivity index (χ1n) is 5.37. The second-order valence-electron chi connectivity index (χ2n) is 3.80. The van der Waals surface area contributed by atoms with E-state index in [1.807, 2.05) is 13.0 Å². The van der Waals surface area contributed by atoms with Gasteiger partial charge in [-0.2, -0.15) is 9.97 Å². The van der Waals surface area contributed by atoms with Crippen LogP contribution in [0.4, 0.5) is 5.82 Å². The quantitative estimate of drug-likeness (QED) is 0.710. The summed E-state index contributed by atoms with van der Waals surface area (Å²) in [5, 5.41) is 3.36. The monoisotopic (exact) mass is 263 g/mol. The van der Waals surface area contributed by atoms with Crippen LogP contribution in [0.5, 0.6) is 0 Å². The zero-order chi connectivity index (χ0) is 12.5. The highest BCUT2D eigenvalue weighted by Gasteiger charge is 2.09. The molecule has 92 valence electrons. The molecule has 0 unspecified atom stereocenters. The number of nitrogens with zero attached hydrogens (tertiary/aromatic N) is 3. The van der Waals surface area contributed by atoms with Gasteiger partial charge in [-0.1, -0.05) is 0 Å². The maximum atomic E-state index is 5.84. The van der Waals surface area contributed by atoms with Crippen molar-refractivity contribution in [3.8, 4) is 0 Å². The van der Waals surface area contributed by atoms with E-state index in [1.54, 1.807) is 12.6 Å². The molecule has 3 rings (SSSR count). The Labute approximate surface area is 107 Å². The third-order valence-corrected chi connectivity index (χ3v) is 2.84. The van der Waals surface area contributed by atoms with Crippen molar-refractivity contribution in [2.24, 2.45) is 0 Å². The van der Waals surface area contributed by atoms with Crippen molar-refractivity contribution in [2.45, 2.75) is 13.5 Å². The molecule has 0 saturated carbocycles. The average molecular weight is 264 g/mol. The number of anilines is 1. The van der Waals surface area contributed by atoms with E-state index in [1.165, 1.54) is 0 Å². The third kappa shape index (κ3) is 1.91. The summed E-state index contributed by atoms with van der Waals surface area (Å²) in [6.07, 6.45) is 3.22. The Morgan fingerprint density at radius 1 is 1.44 bits per heavy atom. The molecule has 0 aliphatic carbocycles.